The molecule has 0 heterocycles. The van der Waals surface area contributed by atoms with Crippen LogP contribution in [0.4, 0.5) is 0 Å². The SMILES string of the molecule is Cc1cc(C)c(C)c(OC(C)C(=O)NC(C)(C)CC(C)(C)C)c1. The lowest BCUT2D eigenvalue weighted by Crippen LogP contribution is -2.50. The molecule has 23 heavy (non-hydrogen) atoms. The largest absolute Gasteiger partial charge is 0.481 e. The summed E-state index contributed by atoms with van der Waals surface area (Å²) in [7, 11) is 0. The van der Waals surface area contributed by atoms with E-state index in [1.54, 1.807) is 6.92 Å². The van der Waals surface area contributed by atoms with Gasteiger partial charge in [-0.15, -0.1) is 0 Å². The van der Waals surface area contributed by atoms with Crippen molar-refractivity contribution < 1.29 is 9.53 Å². The third-order valence-corrected chi connectivity index (χ3v) is 3.87. The molecule has 0 spiro atoms. The van der Waals surface area contributed by atoms with Crippen LogP contribution in [0.5, 0.6) is 5.75 Å². The van der Waals surface area contributed by atoms with Crippen LogP contribution in [-0.4, -0.2) is 17.6 Å². The first kappa shape index (κ1) is 19.5. The molecule has 1 amide bonds. The fourth-order valence-corrected chi connectivity index (χ4v) is 3.17. The lowest BCUT2D eigenvalue weighted by Gasteiger charge is -2.34. The highest BCUT2D eigenvalue weighted by Crippen LogP contribution is 2.27. The minimum Gasteiger partial charge on any atom is -0.481 e. The van der Waals surface area contributed by atoms with Gasteiger partial charge in [-0.05, 0) is 76.1 Å². The summed E-state index contributed by atoms with van der Waals surface area (Å²) < 4.78 is 5.93. The van der Waals surface area contributed by atoms with Gasteiger partial charge in [-0.3, -0.25) is 4.79 Å². The summed E-state index contributed by atoms with van der Waals surface area (Å²) in [6.45, 7) is 18.6. The van der Waals surface area contributed by atoms with Gasteiger partial charge in [0.15, 0.2) is 6.10 Å². The summed E-state index contributed by atoms with van der Waals surface area (Å²) in [6.07, 6.45) is 0.384. The normalized spacial score (nSPS) is 13.6. The second kappa shape index (κ2) is 6.94. The van der Waals surface area contributed by atoms with Crippen LogP contribution in [0.2, 0.25) is 0 Å². The van der Waals surface area contributed by atoms with Gasteiger partial charge in [0.05, 0.1) is 0 Å². The van der Waals surface area contributed by atoms with Crippen molar-refractivity contribution in [2.75, 3.05) is 0 Å². The van der Waals surface area contributed by atoms with Crippen molar-refractivity contribution in [2.45, 2.75) is 80.4 Å². The summed E-state index contributed by atoms with van der Waals surface area (Å²) >= 11 is 0. The Morgan fingerprint density at radius 3 is 2.22 bits per heavy atom. The second-order valence-electron chi connectivity index (χ2n) is 8.58. The number of amides is 1. The van der Waals surface area contributed by atoms with Crippen LogP contribution in [0.3, 0.4) is 0 Å². The predicted octanol–water partition coefficient (Wildman–Crippen LogP) is 4.71. The Labute approximate surface area is 141 Å². The fraction of sp³-hybridized carbons (Fsp3) is 0.650. The molecule has 0 bridgehead atoms. The van der Waals surface area contributed by atoms with E-state index in [2.05, 4.69) is 52.9 Å². The van der Waals surface area contributed by atoms with Crippen LogP contribution >= 0.6 is 0 Å². The monoisotopic (exact) mass is 319 g/mol. The number of aryl methyl sites for hydroxylation is 2. The number of nitrogens with one attached hydrogen (secondary N) is 1. The third kappa shape index (κ3) is 6.25. The third-order valence-electron chi connectivity index (χ3n) is 3.87. The molecule has 0 saturated heterocycles. The lowest BCUT2D eigenvalue weighted by atomic mass is 9.81. The molecule has 1 rings (SSSR count). The van der Waals surface area contributed by atoms with E-state index < -0.39 is 6.10 Å². The molecule has 0 aliphatic rings. The predicted molar refractivity (Wildman–Crippen MR) is 97.0 cm³/mol. The first-order chi connectivity index (χ1) is 10.3. The molecule has 0 radical (unpaired) electrons. The highest BCUT2D eigenvalue weighted by Gasteiger charge is 2.29. The molecule has 130 valence electrons. The van der Waals surface area contributed by atoms with E-state index in [4.69, 9.17) is 4.74 Å². The Balaban J connectivity index is 2.79. The molecule has 1 atom stereocenters. The number of carbonyl (C=O) groups is 1. The van der Waals surface area contributed by atoms with Gasteiger partial charge in [-0.1, -0.05) is 26.8 Å². The minimum absolute atomic E-state index is 0.0715. The van der Waals surface area contributed by atoms with E-state index in [0.29, 0.717) is 0 Å². The fourth-order valence-electron chi connectivity index (χ4n) is 3.17. The molecular formula is C20H33NO2. The maximum Gasteiger partial charge on any atom is 0.261 e. The Bertz CT molecular complexity index is 568. The van der Waals surface area contributed by atoms with E-state index in [-0.39, 0.29) is 16.9 Å². The molecule has 1 unspecified atom stereocenters. The Kier molecular flexibility index (Phi) is 5.89. The number of rotatable bonds is 5. The molecular weight excluding hydrogens is 286 g/mol. The van der Waals surface area contributed by atoms with E-state index in [9.17, 15) is 4.79 Å². The zero-order valence-corrected chi connectivity index (χ0v) is 16.3. The molecule has 0 aliphatic heterocycles. The second-order valence-corrected chi connectivity index (χ2v) is 8.58. The molecule has 0 saturated carbocycles. The van der Waals surface area contributed by atoms with Crippen molar-refractivity contribution in [3.05, 3.63) is 28.8 Å². The molecule has 1 aromatic rings. The quantitative estimate of drug-likeness (QED) is 0.853. The zero-order chi connectivity index (χ0) is 18.0. The van der Waals surface area contributed by atoms with E-state index in [0.717, 1.165) is 23.3 Å². The topological polar surface area (TPSA) is 38.3 Å². The van der Waals surface area contributed by atoms with Crippen LogP contribution < -0.4 is 10.1 Å². The van der Waals surface area contributed by atoms with Gasteiger partial charge < -0.3 is 10.1 Å². The first-order valence-electron chi connectivity index (χ1n) is 8.37. The molecule has 0 aromatic heterocycles. The van der Waals surface area contributed by atoms with Crippen LogP contribution in [0, 0.1) is 26.2 Å². The summed E-state index contributed by atoms with van der Waals surface area (Å²) in [5.74, 6) is 0.719. The van der Waals surface area contributed by atoms with E-state index in [1.807, 2.05) is 19.9 Å². The summed E-state index contributed by atoms with van der Waals surface area (Å²) in [5, 5.41) is 3.12. The lowest BCUT2D eigenvalue weighted by molar-refractivity contribution is -0.129. The van der Waals surface area contributed by atoms with Crippen LogP contribution in [0.1, 0.15) is 64.7 Å². The van der Waals surface area contributed by atoms with Gasteiger partial charge in [0.2, 0.25) is 0 Å². The van der Waals surface area contributed by atoms with Crippen molar-refractivity contribution in [1.29, 1.82) is 0 Å². The van der Waals surface area contributed by atoms with Gasteiger partial charge in [0.25, 0.3) is 5.91 Å². The smallest absolute Gasteiger partial charge is 0.261 e. The van der Waals surface area contributed by atoms with Crippen LogP contribution in [0.25, 0.3) is 0 Å². The maximum atomic E-state index is 12.5. The number of carbonyl (C=O) groups excluding carboxylic acids is 1. The summed E-state index contributed by atoms with van der Waals surface area (Å²) in [4.78, 5) is 12.5. The Hall–Kier alpha value is -1.51. The molecule has 3 heteroatoms. The van der Waals surface area contributed by atoms with Gasteiger partial charge in [-0.2, -0.15) is 0 Å². The minimum atomic E-state index is -0.519. The van der Waals surface area contributed by atoms with Crippen molar-refractivity contribution in [3.8, 4) is 5.75 Å². The van der Waals surface area contributed by atoms with E-state index >= 15 is 0 Å². The Morgan fingerprint density at radius 1 is 1.13 bits per heavy atom. The average molecular weight is 319 g/mol. The van der Waals surface area contributed by atoms with Crippen LogP contribution in [-0.2, 0) is 4.79 Å². The van der Waals surface area contributed by atoms with Crippen molar-refractivity contribution in [2.24, 2.45) is 5.41 Å². The summed E-state index contributed by atoms with van der Waals surface area (Å²) in [6, 6.07) is 4.12. The molecule has 1 N–H and O–H groups in total. The van der Waals surface area contributed by atoms with Gasteiger partial charge in [0, 0.05) is 5.54 Å². The van der Waals surface area contributed by atoms with Crippen molar-refractivity contribution >= 4 is 5.91 Å². The van der Waals surface area contributed by atoms with Gasteiger partial charge in [-0.25, -0.2) is 0 Å². The van der Waals surface area contributed by atoms with Crippen molar-refractivity contribution in [3.63, 3.8) is 0 Å². The highest BCUT2D eigenvalue weighted by atomic mass is 16.5. The molecule has 1 aromatic carbocycles. The Morgan fingerprint density at radius 2 is 1.70 bits per heavy atom. The zero-order valence-electron chi connectivity index (χ0n) is 16.3. The standard InChI is InChI=1S/C20H33NO2/c1-13-10-14(2)15(3)17(11-13)23-16(4)18(22)21-20(8,9)12-19(5,6)7/h10-11,16H,12H2,1-9H3,(H,21,22). The number of benzene rings is 1. The van der Waals surface area contributed by atoms with E-state index in [1.165, 1.54) is 5.56 Å². The number of ether oxygens (including phenoxy) is 1. The molecule has 3 nitrogen and oxygen atoms in total. The first-order valence-corrected chi connectivity index (χ1v) is 8.37. The van der Waals surface area contributed by atoms with Gasteiger partial charge in [0.1, 0.15) is 5.75 Å². The van der Waals surface area contributed by atoms with Crippen LogP contribution in [0.15, 0.2) is 12.1 Å². The highest BCUT2D eigenvalue weighted by molar-refractivity contribution is 5.81. The van der Waals surface area contributed by atoms with Crippen molar-refractivity contribution in [1.82, 2.24) is 5.32 Å². The number of hydrogen-bond acceptors (Lipinski definition) is 2. The number of hydrogen-bond donors (Lipinski definition) is 1. The summed E-state index contributed by atoms with van der Waals surface area (Å²) in [5.41, 5.74) is 3.31. The van der Waals surface area contributed by atoms with Gasteiger partial charge >= 0.3 is 0 Å². The molecule has 0 aliphatic carbocycles. The maximum absolute atomic E-state index is 12.5. The average Bonchev–Trinajstić information content (AvgIpc) is 2.31. The molecule has 0 fully saturated rings.